The summed E-state index contributed by atoms with van der Waals surface area (Å²) in [6, 6.07) is 12.7. The van der Waals surface area contributed by atoms with Crippen LogP contribution in [0.1, 0.15) is 20.7 Å². The number of ketones is 1. The maximum atomic E-state index is 13.6. The van der Waals surface area contributed by atoms with Crippen molar-refractivity contribution in [3.63, 3.8) is 0 Å². The summed E-state index contributed by atoms with van der Waals surface area (Å²) in [6.45, 7) is -0.168. The standard InChI is InChI=1S/C15H11BrFNO2/c16-11-6-7-12(13(17)8-11)15(20)18-9-14(19)10-4-2-1-3-5-10/h1-8H,9H2,(H,18,20). The number of carbonyl (C=O) groups excluding carboxylic acids is 2. The van der Waals surface area contributed by atoms with Crippen molar-refractivity contribution in [1.29, 1.82) is 0 Å². The van der Waals surface area contributed by atoms with Crippen molar-refractivity contribution in [2.45, 2.75) is 0 Å². The molecule has 2 rings (SSSR count). The van der Waals surface area contributed by atoms with E-state index in [4.69, 9.17) is 0 Å². The lowest BCUT2D eigenvalue weighted by molar-refractivity contribution is 0.0901. The van der Waals surface area contributed by atoms with Gasteiger partial charge in [0.25, 0.3) is 5.91 Å². The van der Waals surface area contributed by atoms with E-state index in [2.05, 4.69) is 21.2 Å². The second-order valence-electron chi connectivity index (χ2n) is 4.10. The van der Waals surface area contributed by atoms with Crippen LogP contribution in [0, 0.1) is 5.82 Å². The van der Waals surface area contributed by atoms with Crippen LogP contribution in [0.15, 0.2) is 53.0 Å². The maximum Gasteiger partial charge on any atom is 0.254 e. The summed E-state index contributed by atoms with van der Waals surface area (Å²) in [4.78, 5) is 23.6. The fraction of sp³-hybridized carbons (Fsp3) is 0.0667. The van der Waals surface area contributed by atoms with E-state index < -0.39 is 11.7 Å². The molecule has 0 unspecified atom stereocenters. The maximum absolute atomic E-state index is 13.6. The van der Waals surface area contributed by atoms with E-state index in [1.165, 1.54) is 12.1 Å². The van der Waals surface area contributed by atoms with Gasteiger partial charge < -0.3 is 5.32 Å². The second kappa shape index (κ2) is 6.43. The minimum absolute atomic E-state index is 0.0888. The molecule has 0 aliphatic carbocycles. The van der Waals surface area contributed by atoms with E-state index in [1.807, 2.05) is 0 Å². The van der Waals surface area contributed by atoms with E-state index in [0.29, 0.717) is 10.0 Å². The van der Waals surface area contributed by atoms with Crippen LogP contribution in [0.25, 0.3) is 0 Å². The Morgan fingerprint density at radius 2 is 1.80 bits per heavy atom. The van der Waals surface area contributed by atoms with E-state index in [-0.39, 0.29) is 17.9 Å². The Labute approximate surface area is 123 Å². The first-order valence-electron chi connectivity index (χ1n) is 5.89. The van der Waals surface area contributed by atoms with E-state index >= 15 is 0 Å². The number of carbonyl (C=O) groups is 2. The molecule has 0 aliphatic rings. The van der Waals surface area contributed by atoms with Crippen molar-refractivity contribution in [1.82, 2.24) is 5.32 Å². The Bertz CT molecular complexity index is 644. The predicted octanol–water partition coefficient (Wildman–Crippen LogP) is 3.20. The molecule has 0 heterocycles. The molecule has 20 heavy (non-hydrogen) atoms. The molecule has 0 saturated heterocycles. The van der Waals surface area contributed by atoms with Crippen molar-refractivity contribution in [3.8, 4) is 0 Å². The molecule has 102 valence electrons. The van der Waals surface area contributed by atoms with Gasteiger partial charge in [-0.25, -0.2) is 4.39 Å². The monoisotopic (exact) mass is 335 g/mol. The highest BCUT2D eigenvalue weighted by Crippen LogP contribution is 2.15. The van der Waals surface area contributed by atoms with Gasteiger partial charge in [-0.2, -0.15) is 0 Å². The first kappa shape index (κ1) is 14.4. The number of benzene rings is 2. The molecular weight excluding hydrogens is 325 g/mol. The first-order valence-corrected chi connectivity index (χ1v) is 6.69. The van der Waals surface area contributed by atoms with Gasteiger partial charge in [-0.1, -0.05) is 46.3 Å². The van der Waals surface area contributed by atoms with Gasteiger partial charge in [0.2, 0.25) is 0 Å². The van der Waals surface area contributed by atoms with Crippen LogP contribution in [0.3, 0.4) is 0 Å². The lowest BCUT2D eigenvalue weighted by Crippen LogP contribution is -2.30. The molecule has 0 bridgehead atoms. The largest absolute Gasteiger partial charge is 0.344 e. The van der Waals surface area contributed by atoms with Gasteiger partial charge in [0.15, 0.2) is 5.78 Å². The van der Waals surface area contributed by atoms with Gasteiger partial charge in [-0.15, -0.1) is 0 Å². The topological polar surface area (TPSA) is 46.2 Å². The normalized spacial score (nSPS) is 10.1. The molecule has 0 aromatic heterocycles. The summed E-state index contributed by atoms with van der Waals surface area (Å²) in [6.07, 6.45) is 0. The number of rotatable bonds is 4. The average molecular weight is 336 g/mol. The average Bonchev–Trinajstić information content (AvgIpc) is 2.45. The van der Waals surface area contributed by atoms with Gasteiger partial charge in [-0.05, 0) is 18.2 Å². The van der Waals surface area contributed by atoms with Crippen molar-refractivity contribution in [2.24, 2.45) is 0 Å². The summed E-state index contributed by atoms with van der Waals surface area (Å²) < 4.78 is 14.1. The third-order valence-corrected chi connectivity index (χ3v) is 3.17. The molecule has 5 heteroatoms. The molecule has 0 aliphatic heterocycles. The van der Waals surface area contributed by atoms with Crippen LogP contribution in [0.4, 0.5) is 4.39 Å². The number of hydrogen-bond donors (Lipinski definition) is 1. The zero-order valence-corrected chi connectivity index (χ0v) is 12.0. The minimum Gasteiger partial charge on any atom is -0.344 e. The molecule has 0 radical (unpaired) electrons. The Morgan fingerprint density at radius 1 is 1.10 bits per heavy atom. The van der Waals surface area contributed by atoms with Crippen LogP contribution in [-0.4, -0.2) is 18.2 Å². The molecule has 2 aromatic rings. The summed E-state index contributed by atoms with van der Waals surface area (Å²) in [5.41, 5.74) is 0.415. The molecule has 0 spiro atoms. The molecule has 0 atom stereocenters. The van der Waals surface area contributed by atoms with E-state index in [1.54, 1.807) is 36.4 Å². The van der Waals surface area contributed by atoms with Crippen molar-refractivity contribution in [2.75, 3.05) is 6.54 Å². The van der Waals surface area contributed by atoms with Gasteiger partial charge in [0.05, 0.1) is 12.1 Å². The van der Waals surface area contributed by atoms with E-state index in [9.17, 15) is 14.0 Å². The fourth-order valence-electron chi connectivity index (χ4n) is 1.66. The molecule has 0 fully saturated rings. The number of Topliss-reactive ketones (excluding diaryl/α,β-unsaturated/α-hetero) is 1. The Hall–Kier alpha value is -2.01. The molecule has 1 N–H and O–H groups in total. The number of hydrogen-bond acceptors (Lipinski definition) is 2. The number of nitrogens with one attached hydrogen (secondary N) is 1. The summed E-state index contributed by atoms with van der Waals surface area (Å²) in [7, 11) is 0. The molecule has 2 aromatic carbocycles. The Morgan fingerprint density at radius 3 is 2.45 bits per heavy atom. The predicted molar refractivity (Wildman–Crippen MR) is 77.2 cm³/mol. The van der Waals surface area contributed by atoms with Crippen LogP contribution >= 0.6 is 15.9 Å². The zero-order chi connectivity index (χ0) is 14.5. The third kappa shape index (κ3) is 3.51. The van der Waals surface area contributed by atoms with Crippen LogP contribution in [-0.2, 0) is 0 Å². The summed E-state index contributed by atoms with van der Waals surface area (Å²) in [5, 5.41) is 2.41. The fourth-order valence-corrected chi connectivity index (χ4v) is 1.99. The zero-order valence-electron chi connectivity index (χ0n) is 10.4. The first-order chi connectivity index (χ1) is 9.58. The highest BCUT2D eigenvalue weighted by Gasteiger charge is 2.13. The second-order valence-corrected chi connectivity index (χ2v) is 5.01. The summed E-state index contributed by atoms with van der Waals surface area (Å²) >= 11 is 3.11. The highest BCUT2D eigenvalue weighted by molar-refractivity contribution is 9.10. The lowest BCUT2D eigenvalue weighted by atomic mass is 10.1. The number of amides is 1. The SMILES string of the molecule is O=C(CNC(=O)c1ccc(Br)cc1F)c1ccccc1. The lowest BCUT2D eigenvalue weighted by Gasteiger charge is -2.06. The summed E-state index contributed by atoms with van der Waals surface area (Å²) in [5.74, 6) is -1.47. The van der Waals surface area contributed by atoms with Crippen molar-refractivity contribution >= 4 is 27.6 Å². The van der Waals surface area contributed by atoms with Crippen molar-refractivity contribution in [3.05, 3.63) is 69.9 Å². The van der Waals surface area contributed by atoms with Gasteiger partial charge in [-0.3, -0.25) is 9.59 Å². The molecule has 0 saturated carbocycles. The van der Waals surface area contributed by atoms with Crippen molar-refractivity contribution < 1.29 is 14.0 Å². The Balaban J connectivity index is 2.00. The van der Waals surface area contributed by atoms with Crippen LogP contribution in [0.5, 0.6) is 0 Å². The van der Waals surface area contributed by atoms with E-state index in [0.717, 1.165) is 0 Å². The quantitative estimate of drug-likeness (QED) is 0.872. The van der Waals surface area contributed by atoms with Gasteiger partial charge >= 0.3 is 0 Å². The molecule has 3 nitrogen and oxygen atoms in total. The molecule has 1 amide bonds. The third-order valence-electron chi connectivity index (χ3n) is 2.68. The minimum atomic E-state index is -0.635. The highest BCUT2D eigenvalue weighted by atomic mass is 79.9. The smallest absolute Gasteiger partial charge is 0.254 e. The Kier molecular flexibility index (Phi) is 4.63. The van der Waals surface area contributed by atoms with Gasteiger partial charge in [0, 0.05) is 10.0 Å². The molecular formula is C15H11BrFNO2. The van der Waals surface area contributed by atoms with Gasteiger partial charge in [0.1, 0.15) is 5.82 Å². The number of halogens is 2. The van der Waals surface area contributed by atoms with Crippen LogP contribution in [0.2, 0.25) is 0 Å². The van der Waals surface area contributed by atoms with Crippen LogP contribution < -0.4 is 5.32 Å².